The van der Waals surface area contributed by atoms with Crippen molar-refractivity contribution in [3.05, 3.63) is 0 Å². The van der Waals surface area contributed by atoms with Crippen LogP contribution in [0.4, 0.5) is 0 Å². The molecule has 0 aliphatic rings. The molecule has 0 aromatic carbocycles. The van der Waals surface area contributed by atoms with Crippen LogP contribution in [0.3, 0.4) is 0 Å². The van der Waals surface area contributed by atoms with Gasteiger partial charge >= 0.3 is 0 Å². The van der Waals surface area contributed by atoms with E-state index in [1.165, 1.54) is 25.8 Å². The van der Waals surface area contributed by atoms with E-state index in [0.29, 0.717) is 6.04 Å². The Morgan fingerprint density at radius 2 is 1.67 bits per heavy atom. The van der Waals surface area contributed by atoms with Gasteiger partial charge in [-0.3, -0.25) is 0 Å². The molecule has 0 aromatic heterocycles. The van der Waals surface area contributed by atoms with E-state index in [0.717, 1.165) is 13.1 Å². The minimum Gasteiger partial charge on any atom is -0.317 e. The Bertz CT molecular complexity index is 81.9. The molecule has 12 heavy (non-hydrogen) atoms. The molecule has 0 radical (unpaired) electrons. The second-order valence-corrected chi connectivity index (χ2v) is 3.57. The van der Waals surface area contributed by atoms with Crippen LogP contribution in [0.2, 0.25) is 0 Å². The van der Waals surface area contributed by atoms with E-state index in [4.69, 9.17) is 0 Å². The van der Waals surface area contributed by atoms with Crippen LogP contribution in [0.15, 0.2) is 0 Å². The first-order valence-corrected chi connectivity index (χ1v) is 5.21. The van der Waals surface area contributed by atoms with Gasteiger partial charge in [-0.1, -0.05) is 27.2 Å². The van der Waals surface area contributed by atoms with Crippen molar-refractivity contribution in [3.63, 3.8) is 0 Å². The lowest BCUT2D eigenvalue weighted by molar-refractivity contribution is 0.543. The molecular formula is C10H24N2. The number of hydrogen-bond donors (Lipinski definition) is 2. The Morgan fingerprint density at radius 1 is 1.00 bits per heavy atom. The molecule has 0 atom stereocenters. The van der Waals surface area contributed by atoms with Gasteiger partial charge < -0.3 is 10.6 Å². The molecule has 2 heteroatoms. The predicted octanol–water partition coefficient (Wildman–Crippen LogP) is 1.76. The van der Waals surface area contributed by atoms with Crippen molar-refractivity contribution in [3.8, 4) is 0 Å². The highest BCUT2D eigenvalue weighted by atomic mass is 14.9. The summed E-state index contributed by atoms with van der Waals surface area (Å²) in [4.78, 5) is 0. The van der Waals surface area contributed by atoms with E-state index in [1.807, 2.05) is 0 Å². The topological polar surface area (TPSA) is 24.1 Å². The highest BCUT2D eigenvalue weighted by Gasteiger charge is 1.90. The molecule has 0 saturated heterocycles. The maximum Gasteiger partial charge on any atom is 0.00103 e. The average Bonchev–Trinajstić information content (AvgIpc) is 2.02. The van der Waals surface area contributed by atoms with Crippen LogP contribution in [-0.2, 0) is 0 Å². The fourth-order valence-corrected chi connectivity index (χ4v) is 1.03. The quantitative estimate of drug-likeness (QED) is 0.545. The minimum absolute atomic E-state index is 0.626. The summed E-state index contributed by atoms with van der Waals surface area (Å²) in [6, 6.07) is 0.626. The fourth-order valence-electron chi connectivity index (χ4n) is 1.03. The van der Waals surface area contributed by atoms with Gasteiger partial charge in [0.2, 0.25) is 0 Å². The fraction of sp³-hybridized carbons (Fsp3) is 1.00. The number of rotatable bonds is 8. The molecule has 0 saturated carbocycles. The zero-order valence-corrected chi connectivity index (χ0v) is 8.82. The normalized spacial score (nSPS) is 11.0. The van der Waals surface area contributed by atoms with Crippen molar-refractivity contribution in [1.29, 1.82) is 0 Å². The smallest absolute Gasteiger partial charge is 0.00103 e. The molecule has 0 unspecified atom stereocenters. The van der Waals surface area contributed by atoms with E-state index in [1.54, 1.807) is 0 Å². The van der Waals surface area contributed by atoms with Gasteiger partial charge in [0.05, 0.1) is 0 Å². The van der Waals surface area contributed by atoms with Crippen LogP contribution in [0.1, 0.15) is 40.0 Å². The Hall–Kier alpha value is -0.0800. The molecule has 2 nitrogen and oxygen atoms in total. The maximum atomic E-state index is 3.42. The van der Waals surface area contributed by atoms with E-state index >= 15 is 0 Å². The number of hydrogen-bond acceptors (Lipinski definition) is 2. The lowest BCUT2D eigenvalue weighted by Gasteiger charge is -2.07. The van der Waals surface area contributed by atoms with E-state index < -0.39 is 0 Å². The Balaban J connectivity index is 2.82. The molecule has 0 aliphatic carbocycles. The van der Waals surface area contributed by atoms with Gasteiger partial charge in [0.25, 0.3) is 0 Å². The Morgan fingerprint density at radius 3 is 2.25 bits per heavy atom. The maximum absolute atomic E-state index is 3.42. The zero-order chi connectivity index (χ0) is 9.23. The highest BCUT2D eigenvalue weighted by molar-refractivity contribution is 4.54. The predicted molar refractivity (Wildman–Crippen MR) is 55.5 cm³/mol. The second-order valence-electron chi connectivity index (χ2n) is 3.57. The SMILES string of the molecule is CCCCNCCCNC(C)C. The van der Waals surface area contributed by atoms with Gasteiger partial charge in [-0.25, -0.2) is 0 Å². The molecule has 0 rings (SSSR count). The molecule has 0 aliphatic heterocycles. The summed E-state index contributed by atoms with van der Waals surface area (Å²) in [6.07, 6.45) is 3.83. The third-order valence-corrected chi connectivity index (χ3v) is 1.79. The molecule has 0 bridgehead atoms. The summed E-state index contributed by atoms with van der Waals surface area (Å²) in [6.45, 7) is 10.1. The summed E-state index contributed by atoms with van der Waals surface area (Å²) in [5, 5.41) is 6.82. The molecule has 74 valence electrons. The summed E-state index contributed by atoms with van der Waals surface area (Å²) >= 11 is 0. The third-order valence-electron chi connectivity index (χ3n) is 1.79. The van der Waals surface area contributed by atoms with Crippen LogP contribution in [-0.4, -0.2) is 25.7 Å². The molecular weight excluding hydrogens is 148 g/mol. The van der Waals surface area contributed by atoms with Crippen molar-refractivity contribution >= 4 is 0 Å². The summed E-state index contributed by atoms with van der Waals surface area (Å²) < 4.78 is 0. The lowest BCUT2D eigenvalue weighted by atomic mass is 10.3. The van der Waals surface area contributed by atoms with E-state index in [9.17, 15) is 0 Å². The summed E-state index contributed by atoms with van der Waals surface area (Å²) in [5.74, 6) is 0. The standard InChI is InChI=1S/C10H24N2/c1-4-5-7-11-8-6-9-12-10(2)3/h10-12H,4-9H2,1-3H3. The molecule has 0 amide bonds. The van der Waals surface area contributed by atoms with Gasteiger partial charge in [0.15, 0.2) is 0 Å². The van der Waals surface area contributed by atoms with E-state index in [2.05, 4.69) is 31.4 Å². The van der Waals surface area contributed by atoms with Gasteiger partial charge in [0.1, 0.15) is 0 Å². The van der Waals surface area contributed by atoms with Crippen LogP contribution >= 0.6 is 0 Å². The van der Waals surface area contributed by atoms with Gasteiger partial charge in [0, 0.05) is 6.04 Å². The second kappa shape index (κ2) is 9.01. The summed E-state index contributed by atoms with van der Waals surface area (Å²) in [5.41, 5.74) is 0. The number of nitrogens with one attached hydrogen (secondary N) is 2. The van der Waals surface area contributed by atoms with Gasteiger partial charge in [-0.05, 0) is 32.5 Å². The first-order chi connectivity index (χ1) is 5.77. The van der Waals surface area contributed by atoms with Crippen molar-refractivity contribution < 1.29 is 0 Å². The molecule has 0 fully saturated rings. The lowest BCUT2D eigenvalue weighted by Crippen LogP contribution is -2.27. The summed E-state index contributed by atoms with van der Waals surface area (Å²) in [7, 11) is 0. The number of unbranched alkanes of at least 4 members (excludes halogenated alkanes) is 1. The van der Waals surface area contributed by atoms with Gasteiger partial charge in [-0.15, -0.1) is 0 Å². The monoisotopic (exact) mass is 172 g/mol. The van der Waals surface area contributed by atoms with E-state index in [-0.39, 0.29) is 0 Å². The third kappa shape index (κ3) is 9.92. The molecule has 0 heterocycles. The molecule has 0 aromatic rings. The molecule has 0 spiro atoms. The van der Waals surface area contributed by atoms with Crippen LogP contribution in [0.25, 0.3) is 0 Å². The zero-order valence-electron chi connectivity index (χ0n) is 8.82. The Kier molecular flexibility index (Phi) is 8.95. The highest BCUT2D eigenvalue weighted by Crippen LogP contribution is 1.83. The average molecular weight is 172 g/mol. The molecule has 2 N–H and O–H groups in total. The van der Waals surface area contributed by atoms with Crippen molar-refractivity contribution in [2.45, 2.75) is 46.1 Å². The Labute approximate surface area is 77.1 Å². The van der Waals surface area contributed by atoms with Crippen LogP contribution in [0.5, 0.6) is 0 Å². The first kappa shape index (κ1) is 11.9. The van der Waals surface area contributed by atoms with Crippen LogP contribution < -0.4 is 10.6 Å². The van der Waals surface area contributed by atoms with Crippen LogP contribution in [0, 0.1) is 0 Å². The van der Waals surface area contributed by atoms with Crippen molar-refractivity contribution in [1.82, 2.24) is 10.6 Å². The minimum atomic E-state index is 0.626. The van der Waals surface area contributed by atoms with Crippen molar-refractivity contribution in [2.24, 2.45) is 0 Å². The van der Waals surface area contributed by atoms with Crippen molar-refractivity contribution in [2.75, 3.05) is 19.6 Å². The van der Waals surface area contributed by atoms with Gasteiger partial charge in [-0.2, -0.15) is 0 Å². The largest absolute Gasteiger partial charge is 0.317 e. The first-order valence-electron chi connectivity index (χ1n) is 5.21.